The molecule has 0 aliphatic carbocycles. The molecule has 0 amide bonds. The van der Waals surface area contributed by atoms with Gasteiger partial charge in [0.1, 0.15) is 0 Å². The first-order chi connectivity index (χ1) is 5.36. The Labute approximate surface area is 75.5 Å². The van der Waals surface area contributed by atoms with Gasteiger partial charge in [-0.3, -0.25) is 0 Å². The largest absolute Gasteiger partial charge is 0.380 e. The molecular weight excluding hydrogens is 204 g/mol. The van der Waals surface area contributed by atoms with E-state index in [1.54, 1.807) is 7.11 Å². The topological polar surface area (TPSA) is 9.23 Å². The number of hydrogen-bond acceptors (Lipinski definition) is 1. The summed E-state index contributed by atoms with van der Waals surface area (Å²) in [6.07, 6.45) is 0. The minimum atomic E-state index is 0.697. The van der Waals surface area contributed by atoms with E-state index in [0.717, 1.165) is 5.33 Å². The van der Waals surface area contributed by atoms with Crippen molar-refractivity contribution in [3.8, 4) is 0 Å². The lowest BCUT2D eigenvalue weighted by Gasteiger charge is -1.99. The standard InChI is InChI=1S/C9H11BrO/c1-11-7-9-4-2-8(6-10)3-5-9/h2-5H,6-7H2,1H3. The molecule has 0 N–H and O–H groups in total. The molecular formula is C9H11BrO. The quantitative estimate of drug-likeness (QED) is 0.704. The smallest absolute Gasteiger partial charge is 0.0713 e. The molecule has 0 saturated carbocycles. The molecule has 0 fully saturated rings. The molecule has 60 valence electrons. The Kier molecular flexibility index (Phi) is 3.60. The van der Waals surface area contributed by atoms with Crippen molar-refractivity contribution in [2.75, 3.05) is 7.11 Å². The molecule has 0 radical (unpaired) electrons. The van der Waals surface area contributed by atoms with Gasteiger partial charge in [-0.15, -0.1) is 0 Å². The summed E-state index contributed by atoms with van der Waals surface area (Å²) in [5.74, 6) is 0. The molecule has 1 rings (SSSR count). The highest BCUT2D eigenvalue weighted by atomic mass is 79.9. The summed E-state index contributed by atoms with van der Waals surface area (Å²) < 4.78 is 4.99. The fourth-order valence-electron chi connectivity index (χ4n) is 0.891. The first-order valence-electron chi connectivity index (χ1n) is 3.49. The van der Waals surface area contributed by atoms with Crippen LogP contribution < -0.4 is 0 Å². The number of hydrogen-bond donors (Lipinski definition) is 0. The zero-order valence-corrected chi connectivity index (χ0v) is 8.10. The summed E-state index contributed by atoms with van der Waals surface area (Å²) in [4.78, 5) is 0. The number of alkyl halides is 1. The second-order valence-electron chi connectivity index (χ2n) is 2.38. The van der Waals surface area contributed by atoms with Gasteiger partial charge in [-0.05, 0) is 11.1 Å². The van der Waals surface area contributed by atoms with Gasteiger partial charge in [-0.1, -0.05) is 40.2 Å². The van der Waals surface area contributed by atoms with Crippen LogP contribution in [0.1, 0.15) is 11.1 Å². The average Bonchev–Trinajstić information content (AvgIpc) is 2.07. The van der Waals surface area contributed by atoms with Crippen molar-refractivity contribution in [3.63, 3.8) is 0 Å². The molecule has 1 nitrogen and oxygen atoms in total. The molecule has 0 saturated heterocycles. The van der Waals surface area contributed by atoms with Gasteiger partial charge in [0, 0.05) is 12.4 Å². The molecule has 11 heavy (non-hydrogen) atoms. The van der Waals surface area contributed by atoms with E-state index in [2.05, 4.69) is 40.2 Å². The predicted octanol–water partition coefficient (Wildman–Crippen LogP) is 2.73. The molecule has 0 aliphatic heterocycles. The molecule has 1 aromatic rings. The minimum absolute atomic E-state index is 0.697. The Balaban J connectivity index is 2.66. The van der Waals surface area contributed by atoms with Crippen molar-refractivity contribution in [2.45, 2.75) is 11.9 Å². The number of halogens is 1. The molecule has 0 aliphatic rings. The molecule has 0 spiro atoms. The van der Waals surface area contributed by atoms with Crippen LogP contribution in [0, 0.1) is 0 Å². The lowest BCUT2D eigenvalue weighted by molar-refractivity contribution is 0.185. The summed E-state index contributed by atoms with van der Waals surface area (Å²) in [5, 5.41) is 0.917. The van der Waals surface area contributed by atoms with Crippen molar-refractivity contribution in [1.29, 1.82) is 0 Å². The fraction of sp³-hybridized carbons (Fsp3) is 0.333. The van der Waals surface area contributed by atoms with E-state index in [-0.39, 0.29) is 0 Å². The summed E-state index contributed by atoms with van der Waals surface area (Å²) in [5.41, 5.74) is 2.52. The number of ether oxygens (including phenoxy) is 1. The molecule has 0 aromatic heterocycles. The summed E-state index contributed by atoms with van der Waals surface area (Å²) in [7, 11) is 1.71. The summed E-state index contributed by atoms with van der Waals surface area (Å²) in [6.45, 7) is 0.697. The Morgan fingerprint density at radius 3 is 2.18 bits per heavy atom. The van der Waals surface area contributed by atoms with E-state index in [0.29, 0.717) is 6.61 Å². The van der Waals surface area contributed by atoms with Crippen molar-refractivity contribution >= 4 is 15.9 Å². The third-order valence-corrected chi connectivity index (χ3v) is 2.14. The van der Waals surface area contributed by atoms with Crippen LogP contribution in [-0.2, 0) is 16.7 Å². The monoisotopic (exact) mass is 214 g/mol. The molecule has 2 heteroatoms. The van der Waals surface area contributed by atoms with E-state index in [4.69, 9.17) is 4.74 Å². The summed E-state index contributed by atoms with van der Waals surface area (Å²) in [6, 6.07) is 8.37. The van der Waals surface area contributed by atoms with Crippen molar-refractivity contribution < 1.29 is 4.74 Å². The Morgan fingerprint density at radius 2 is 1.73 bits per heavy atom. The third-order valence-electron chi connectivity index (χ3n) is 1.49. The maximum Gasteiger partial charge on any atom is 0.0713 e. The van der Waals surface area contributed by atoms with Crippen LogP contribution in [0.15, 0.2) is 24.3 Å². The van der Waals surface area contributed by atoms with Gasteiger partial charge in [0.05, 0.1) is 6.61 Å². The second-order valence-corrected chi connectivity index (χ2v) is 2.94. The first kappa shape index (κ1) is 8.75. The second kappa shape index (κ2) is 4.52. The van der Waals surface area contributed by atoms with Gasteiger partial charge >= 0.3 is 0 Å². The SMILES string of the molecule is COCc1ccc(CBr)cc1. The number of benzene rings is 1. The molecule has 0 unspecified atom stereocenters. The maximum absolute atomic E-state index is 4.99. The van der Waals surface area contributed by atoms with Gasteiger partial charge < -0.3 is 4.74 Å². The molecule has 1 aromatic carbocycles. The third kappa shape index (κ3) is 2.64. The number of rotatable bonds is 3. The van der Waals surface area contributed by atoms with E-state index in [9.17, 15) is 0 Å². The van der Waals surface area contributed by atoms with Crippen LogP contribution in [-0.4, -0.2) is 7.11 Å². The van der Waals surface area contributed by atoms with Gasteiger partial charge in [-0.25, -0.2) is 0 Å². The van der Waals surface area contributed by atoms with E-state index in [1.807, 2.05) is 0 Å². The van der Waals surface area contributed by atoms with Crippen LogP contribution in [0.4, 0.5) is 0 Å². The van der Waals surface area contributed by atoms with Gasteiger partial charge in [0.25, 0.3) is 0 Å². The zero-order chi connectivity index (χ0) is 8.10. The van der Waals surface area contributed by atoms with Crippen LogP contribution in [0.3, 0.4) is 0 Å². The van der Waals surface area contributed by atoms with E-state index in [1.165, 1.54) is 11.1 Å². The lowest BCUT2D eigenvalue weighted by atomic mass is 10.2. The van der Waals surface area contributed by atoms with Crippen LogP contribution in [0.2, 0.25) is 0 Å². The Morgan fingerprint density at radius 1 is 1.18 bits per heavy atom. The number of methoxy groups -OCH3 is 1. The fourth-order valence-corrected chi connectivity index (χ4v) is 1.27. The van der Waals surface area contributed by atoms with Crippen molar-refractivity contribution in [2.24, 2.45) is 0 Å². The minimum Gasteiger partial charge on any atom is -0.380 e. The highest BCUT2D eigenvalue weighted by molar-refractivity contribution is 9.08. The Hall–Kier alpha value is -0.340. The van der Waals surface area contributed by atoms with Crippen LogP contribution in [0.25, 0.3) is 0 Å². The normalized spacial score (nSPS) is 10.0. The molecule has 0 atom stereocenters. The van der Waals surface area contributed by atoms with Crippen LogP contribution in [0.5, 0.6) is 0 Å². The molecule has 0 bridgehead atoms. The zero-order valence-electron chi connectivity index (χ0n) is 6.51. The maximum atomic E-state index is 4.99. The van der Waals surface area contributed by atoms with Crippen molar-refractivity contribution in [3.05, 3.63) is 35.4 Å². The highest BCUT2D eigenvalue weighted by Crippen LogP contribution is 2.08. The van der Waals surface area contributed by atoms with Gasteiger partial charge in [-0.2, -0.15) is 0 Å². The lowest BCUT2D eigenvalue weighted by Crippen LogP contribution is -1.86. The van der Waals surface area contributed by atoms with Crippen molar-refractivity contribution in [1.82, 2.24) is 0 Å². The Bertz CT molecular complexity index is 205. The van der Waals surface area contributed by atoms with Gasteiger partial charge in [0.2, 0.25) is 0 Å². The van der Waals surface area contributed by atoms with E-state index < -0.39 is 0 Å². The van der Waals surface area contributed by atoms with Gasteiger partial charge in [0.15, 0.2) is 0 Å². The average molecular weight is 215 g/mol. The van der Waals surface area contributed by atoms with E-state index >= 15 is 0 Å². The van der Waals surface area contributed by atoms with Crippen LogP contribution >= 0.6 is 15.9 Å². The summed E-state index contributed by atoms with van der Waals surface area (Å²) >= 11 is 3.39. The highest BCUT2D eigenvalue weighted by Gasteiger charge is 1.91. The first-order valence-corrected chi connectivity index (χ1v) is 4.61. The predicted molar refractivity (Wildman–Crippen MR) is 49.8 cm³/mol. The molecule has 0 heterocycles.